The van der Waals surface area contributed by atoms with E-state index in [1.54, 1.807) is 13.3 Å². The number of aromatic nitrogens is 1. The van der Waals surface area contributed by atoms with Gasteiger partial charge in [-0.1, -0.05) is 13.8 Å². The molecule has 1 aromatic heterocycles. The molecule has 1 rings (SSSR count). The van der Waals surface area contributed by atoms with Gasteiger partial charge >= 0.3 is 0 Å². The monoisotopic (exact) mass is 336 g/mol. The summed E-state index contributed by atoms with van der Waals surface area (Å²) < 4.78 is 5.14. The number of aliphatic hydroxyl groups is 1. The fourth-order valence-corrected chi connectivity index (χ4v) is 2.57. The van der Waals surface area contributed by atoms with Gasteiger partial charge in [-0.15, -0.1) is 0 Å². The predicted octanol–water partition coefficient (Wildman–Crippen LogP) is 2.19. The molecule has 0 saturated carbocycles. The van der Waals surface area contributed by atoms with Gasteiger partial charge in [0.1, 0.15) is 0 Å². The number of nitrogens with one attached hydrogen (secondary N) is 2. The van der Waals surface area contributed by atoms with Gasteiger partial charge < -0.3 is 20.5 Å². The third-order valence-corrected chi connectivity index (χ3v) is 3.67. The average Bonchev–Trinajstić information content (AvgIpc) is 2.57. The Balaban J connectivity index is 2.63. The molecular formula is C18H32N4O2. The molecule has 0 spiro atoms. The van der Waals surface area contributed by atoms with E-state index in [0.717, 1.165) is 37.5 Å². The molecule has 0 aliphatic heterocycles. The van der Waals surface area contributed by atoms with Crippen LogP contribution in [0, 0.1) is 11.8 Å². The first-order valence-corrected chi connectivity index (χ1v) is 8.71. The summed E-state index contributed by atoms with van der Waals surface area (Å²) in [4.78, 5) is 8.72. The number of hydrogen-bond donors (Lipinski definition) is 3. The van der Waals surface area contributed by atoms with Crippen LogP contribution in [0.3, 0.4) is 0 Å². The smallest absolute Gasteiger partial charge is 0.213 e. The van der Waals surface area contributed by atoms with Crippen LogP contribution in [0.15, 0.2) is 23.3 Å². The summed E-state index contributed by atoms with van der Waals surface area (Å²) in [5, 5.41) is 15.9. The van der Waals surface area contributed by atoms with Crippen molar-refractivity contribution in [1.82, 2.24) is 15.6 Å². The van der Waals surface area contributed by atoms with Crippen LogP contribution in [0.25, 0.3) is 0 Å². The third-order valence-electron chi connectivity index (χ3n) is 3.67. The van der Waals surface area contributed by atoms with Gasteiger partial charge in [-0.2, -0.15) is 0 Å². The van der Waals surface area contributed by atoms with E-state index in [4.69, 9.17) is 4.74 Å². The molecule has 136 valence electrons. The molecule has 3 N–H and O–H groups in total. The highest BCUT2D eigenvalue weighted by Gasteiger charge is 2.11. The summed E-state index contributed by atoms with van der Waals surface area (Å²) in [6.45, 7) is 8.87. The maximum atomic E-state index is 9.23. The molecule has 1 aromatic rings. The highest BCUT2D eigenvalue weighted by Crippen LogP contribution is 2.14. The molecular weight excluding hydrogens is 304 g/mol. The van der Waals surface area contributed by atoms with E-state index in [-0.39, 0.29) is 6.61 Å². The number of ether oxygens (including phenoxy) is 1. The maximum absolute atomic E-state index is 9.23. The lowest BCUT2D eigenvalue weighted by Crippen LogP contribution is -2.40. The lowest BCUT2D eigenvalue weighted by atomic mass is 9.94. The Hall–Kier alpha value is -1.82. The van der Waals surface area contributed by atoms with E-state index >= 15 is 0 Å². The van der Waals surface area contributed by atoms with E-state index in [0.29, 0.717) is 24.3 Å². The number of hydrogen-bond acceptors (Lipinski definition) is 4. The number of guanidine groups is 1. The van der Waals surface area contributed by atoms with Crippen LogP contribution in [0.5, 0.6) is 5.88 Å². The van der Waals surface area contributed by atoms with Gasteiger partial charge in [0.25, 0.3) is 0 Å². The zero-order valence-corrected chi connectivity index (χ0v) is 15.4. The molecule has 1 atom stereocenters. The quantitative estimate of drug-likeness (QED) is 0.451. The van der Waals surface area contributed by atoms with Crippen LogP contribution in [0.1, 0.15) is 39.2 Å². The summed E-state index contributed by atoms with van der Waals surface area (Å²) in [5.74, 6) is 2.45. The van der Waals surface area contributed by atoms with Crippen LogP contribution < -0.4 is 15.4 Å². The molecule has 0 amide bonds. The Morgan fingerprint density at radius 2 is 2.17 bits per heavy atom. The first-order valence-electron chi connectivity index (χ1n) is 8.71. The standard InChI is InChI=1S/C18H32N4O2/c1-5-19-18(22-13-16(7-9-23)10-14(2)3)21-12-15-6-8-20-17(11-15)24-4/h6,8,11,14,16,23H,5,7,9-10,12-13H2,1-4H3,(H2,19,21,22). The fraction of sp³-hybridized carbons (Fsp3) is 0.667. The minimum atomic E-state index is 0.226. The van der Waals surface area contributed by atoms with Crippen molar-refractivity contribution in [2.24, 2.45) is 16.8 Å². The number of pyridine rings is 1. The maximum Gasteiger partial charge on any atom is 0.213 e. The number of aliphatic imine (C=N–C) groups is 1. The van der Waals surface area contributed by atoms with Crippen molar-refractivity contribution in [2.75, 3.05) is 26.8 Å². The summed E-state index contributed by atoms with van der Waals surface area (Å²) >= 11 is 0. The molecule has 0 fully saturated rings. The lowest BCUT2D eigenvalue weighted by molar-refractivity contribution is 0.243. The second-order valence-corrected chi connectivity index (χ2v) is 6.29. The van der Waals surface area contributed by atoms with E-state index in [1.165, 1.54) is 0 Å². The zero-order chi connectivity index (χ0) is 17.8. The molecule has 6 heteroatoms. The average molecular weight is 336 g/mol. The molecule has 0 aliphatic rings. The molecule has 1 heterocycles. The van der Waals surface area contributed by atoms with Crippen molar-refractivity contribution in [1.29, 1.82) is 0 Å². The van der Waals surface area contributed by atoms with E-state index in [2.05, 4.69) is 34.5 Å². The number of rotatable bonds is 10. The Bertz CT molecular complexity index is 492. The lowest BCUT2D eigenvalue weighted by Gasteiger charge is -2.20. The molecule has 0 bridgehead atoms. The van der Waals surface area contributed by atoms with E-state index < -0.39 is 0 Å². The van der Waals surface area contributed by atoms with Crippen LogP contribution in [-0.4, -0.2) is 42.9 Å². The predicted molar refractivity (Wildman–Crippen MR) is 98.3 cm³/mol. The molecule has 0 aliphatic carbocycles. The summed E-state index contributed by atoms with van der Waals surface area (Å²) in [5.41, 5.74) is 1.05. The van der Waals surface area contributed by atoms with Gasteiger partial charge in [0, 0.05) is 32.0 Å². The van der Waals surface area contributed by atoms with Gasteiger partial charge in [-0.05, 0) is 43.2 Å². The van der Waals surface area contributed by atoms with Crippen molar-refractivity contribution in [3.63, 3.8) is 0 Å². The van der Waals surface area contributed by atoms with E-state index in [9.17, 15) is 5.11 Å². The zero-order valence-electron chi connectivity index (χ0n) is 15.4. The van der Waals surface area contributed by atoms with Crippen molar-refractivity contribution >= 4 is 5.96 Å². The molecule has 0 radical (unpaired) electrons. The second-order valence-electron chi connectivity index (χ2n) is 6.29. The van der Waals surface area contributed by atoms with Gasteiger partial charge in [0.15, 0.2) is 5.96 Å². The SMILES string of the molecule is CCNC(=NCc1ccnc(OC)c1)NCC(CCO)CC(C)C. The highest BCUT2D eigenvalue weighted by molar-refractivity contribution is 5.79. The molecule has 0 saturated heterocycles. The Morgan fingerprint density at radius 1 is 1.38 bits per heavy atom. The van der Waals surface area contributed by atoms with Gasteiger partial charge in [0.05, 0.1) is 13.7 Å². The normalized spacial score (nSPS) is 13.0. The van der Waals surface area contributed by atoms with Crippen LogP contribution in [-0.2, 0) is 6.54 Å². The van der Waals surface area contributed by atoms with Crippen molar-refractivity contribution in [3.05, 3.63) is 23.9 Å². The van der Waals surface area contributed by atoms with Gasteiger partial charge in [-0.25, -0.2) is 9.98 Å². The fourth-order valence-electron chi connectivity index (χ4n) is 2.57. The third kappa shape index (κ3) is 8.15. The topological polar surface area (TPSA) is 78.8 Å². The summed E-state index contributed by atoms with van der Waals surface area (Å²) in [7, 11) is 1.61. The second kappa shape index (κ2) is 11.7. The van der Waals surface area contributed by atoms with Crippen LogP contribution in [0.4, 0.5) is 0 Å². The molecule has 0 aromatic carbocycles. The number of methoxy groups -OCH3 is 1. The Morgan fingerprint density at radius 3 is 2.79 bits per heavy atom. The Kier molecular flexibility index (Phi) is 9.84. The van der Waals surface area contributed by atoms with Gasteiger partial charge in [0.2, 0.25) is 5.88 Å². The largest absolute Gasteiger partial charge is 0.481 e. The molecule has 1 unspecified atom stereocenters. The highest BCUT2D eigenvalue weighted by atomic mass is 16.5. The first-order chi connectivity index (χ1) is 11.6. The van der Waals surface area contributed by atoms with Crippen LogP contribution in [0.2, 0.25) is 0 Å². The number of nitrogens with zero attached hydrogens (tertiary/aromatic N) is 2. The minimum Gasteiger partial charge on any atom is -0.481 e. The van der Waals surface area contributed by atoms with Crippen molar-refractivity contribution in [3.8, 4) is 5.88 Å². The van der Waals surface area contributed by atoms with Gasteiger partial charge in [-0.3, -0.25) is 0 Å². The first kappa shape index (κ1) is 20.2. The molecule has 6 nitrogen and oxygen atoms in total. The van der Waals surface area contributed by atoms with E-state index in [1.807, 2.05) is 19.1 Å². The Labute approximate surface area is 145 Å². The van der Waals surface area contributed by atoms with Crippen molar-refractivity contribution in [2.45, 2.75) is 40.2 Å². The summed E-state index contributed by atoms with van der Waals surface area (Å²) in [6.07, 6.45) is 3.63. The minimum absolute atomic E-state index is 0.226. The van der Waals surface area contributed by atoms with Crippen molar-refractivity contribution < 1.29 is 9.84 Å². The summed E-state index contributed by atoms with van der Waals surface area (Å²) in [6, 6.07) is 3.82. The molecule has 24 heavy (non-hydrogen) atoms. The van der Waals surface area contributed by atoms with Crippen LogP contribution >= 0.6 is 0 Å². The number of aliphatic hydroxyl groups excluding tert-OH is 1.